The van der Waals surface area contributed by atoms with Gasteiger partial charge in [-0.1, -0.05) is 29.8 Å². The topological polar surface area (TPSA) is 38.3 Å². The number of methoxy groups -OCH3 is 1. The molecule has 1 N–H and O–H groups in total. The van der Waals surface area contributed by atoms with Gasteiger partial charge in [0.2, 0.25) is 0 Å². The number of carbonyl (C=O) groups excluding carboxylic acids is 1. The van der Waals surface area contributed by atoms with Crippen LogP contribution in [0.4, 0.5) is 0 Å². The maximum Gasteiger partial charge on any atom is 0.251 e. The van der Waals surface area contributed by atoms with Gasteiger partial charge in [0, 0.05) is 11.6 Å². The van der Waals surface area contributed by atoms with E-state index >= 15 is 0 Å². The van der Waals surface area contributed by atoms with Gasteiger partial charge in [0.25, 0.3) is 5.91 Å². The zero-order valence-electron chi connectivity index (χ0n) is 14.3. The molecule has 1 amide bonds. The van der Waals surface area contributed by atoms with E-state index in [-0.39, 0.29) is 11.9 Å². The molecule has 0 saturated carbocycles. The highest BCUT2D eigenvalue weighted by Gasteiger charge is 2.12. The lowest BCUT2D eigenvalue weighted by molar-refractivity contribution is 0.0937. The second-order valence-corrected chi connectivity index (χ2v) is 6.08. The van der Waals surface area contributed by atoms with Gasteiger partial charge in [0.05, 0.1) is 7.11 Å². The van der Waals surface area contributed by atoms with E-state index in [0.717, 1.165) is 35.3 Å². The Hall–Kier alpha value is -2.29. The highest BCUT2D eigenvalue weighted by Crippen LogP contribution is 2.14. The summed E-state index contributed by atoms with van der Waals surface area (Å²) < 4.78 is 5.16. The van der Waals surface area contributed by atoms with Crippen molar-refractivity contribution in [2.24, 2.45) is 0 Å². The molecule has 0 aromatic heterocycles. The first-order chi connectivity index (χ1) is 11.0. The fourth-order valence-electron chi connectivity index (χ4n) is 2.53. The van der Waals surface area contributed by atoms with E-state index < -0.39 is 0 Å². The normalized spacial score (nSPS) is 11.8. The molecule has 1 unspecified atom stereocenters. The summed E-state index contributed by atoms with van der Waals surface area (Å²) in [5.41, 5.74) is 4.13. The van der Waals surface area contributed by atoms with Gasteiger partial charge in [-0.2, -0.15) is 0 Å². The molecule has 3 heteroatoms. The Morgan fingerprint density at radius 1 is 1.13 bits per heavy atom. The molecular formula is C20H25NO2. The third-order valence-corrected chi connectivity index (χ3v) is 4.04. The average Bonchev–Trinajstić information content (AvgIpc) is 2.55. The summed E-state index contributed by atoms with van der Waals surface area (Å²) in [6, 6.07) is 14.2. The molecule has 2 rings (SSSR count). The monoisotopic (exact) mass is 311 g/mol. The zero-order valence-corrected chi connectivity index (χ0v) is 14.3. The second-order valence-electron chi connectivity index (χ2n) is 6.08. The molecular weight excluding hydrogens is 286 g/mol. The molecule has 2 aromatic carbocycles. The van der Waals surface area contributed by atoms with Crippen LogP contribution in [0.5, 0.6) is 5.75 Å². The predicted molar refractivity (Wildman–Crippen MR) is 94.2 cm³/mol. The summed E-state index contributed by atoms with van der Waals surface area (Å²) in [7, 11) is 1.67. The van der Waals surface area contributed by atoms with E-state index in [4.69, 9.17) is 4.74 Å². The molecule has 0 bridgehead atoms. The maximum absolute atomic E-state index is 12.4. The Morgan fingerprint density at radius 2 is 1.83 bits per heavy atom. The molecule has 0 fully saturated rings. The van der Waals surface area contributed by atoms with Gasteiger partial charge in [0.15, 0.2) is 0 Å². The highest BCUT2D eigenvalue weighted by atomic mass is 16.5. The van der Waals surface area contributed by atoms with Gasteiger partial charge in [-0.3, -0.25) is 4.79 Å². The van der Waals surface area contributed by atoms with Crippen LogP contribution in [0.15, 0.2) is 42.5 Å². The Balaban J connectivity index is 1.89. The van der Waals surface area contributed by atoms with Crippen molar-refractivity contribution in [3.05, 3.63) is 64.7 Å². The van der Waals surface area contributed by atoms with Crippen LogP contribution in [0, 0.1) is 13.8 Å². The van der Waals surface area contributed by atoms with Crippen LogP contribution in [-0.4, -0.2) is 19.1 Å². The number of amides is 1. The number of carbonyl (C=O) groups is 1. The minimum atomic E-state index is 0.00781. The lowest BCUT2D eigenvalue weighted by Gasteiger charge is -2.15. The predicted octanol–water partition coefficient (Wildman–Crippen LogP) is 4.06. The number of ether oxygens (including phenoxy) is 1. The van der Waals surface area contributed by atoms with Gasteiger partial charge >= 0.3 is 0 Å². The first kappa shape index (κ1) is 17.1. The van der Waals surface area contributed by atoms with E-state index in [1.807, 2.05) is 51.1 Å². The molecule has 0 spiro atoms. The largest absolute Gasteiger partial charge is 0.497 e. The molecule has 1 atom stereocenters. The summed E-state index contributed by atoms with van der Waals surface area (Å²) in [5.74, 6) is 0.874. The quantitative estimate of drug-likeness (QED) is 0.873. The number of benzene rings is 2. The van der Waals surface area contributed by atoms with Crippen LogP contribution in [0.2, 0.25) is 0 Å². The van der Waals surface area contributed by atoms with Crippen molar-refractivity contribution in [3.8, 4) is 5.75 Å². The molecule has 0 aliphatic heterocycles. The van der Waals surface area contributed by atoms with Crippen LogP contribution in [0.1, 0.15) is 40.4 Å². The van der Waals surface area contributed by atoms with Crippen molar-refractivity contribution in [2.75, 3.05) is 7.11 Å². The van der Waals surface area contributed by atoms with E-state index in [1.54, 1.807) is 7.11 Å². The van der Waals surface area contributed by atoms with Crippen molar-refractivity contribution in [3.63, 3.8) is 0 Å². The summed E-state index contributed by atoms with van der Waals surface area (Å²) >= 11 is 0. The lowest BCUT2D eigenvalue weighted by atomic mass is 10.0. The molecule has 0 aliphatic rings. The molecule has 2 aromatic rings. The second kappa shape index (κ2) is 7.82. The van der Waals surface area contributed by atoms with E-state index in [0.29, 0.717) is 0 Å². The fraction of sp³-hybridized carbons (Fsp3) is 0.350. The first-order valence-corrected chi connectivity index (χ1v) is 8.00. The molecule has 0 aliphatic carbocycles. The lowest BCUT2D eigenvalue weighted by Crippen LogP contribution is -2.33. The molecule has 3 nitrogen and oxygen atoms in total. The van der Waals surface area contributed by atoms with Crippen molar-refractivity contribution in [1.82, 2.24) is 5.32 Å². The summed E-state index contributed by atoms with van der Waals surface area (Å²) in [6.07, 6.45) is 1.83. The standard InChI is InChI=1S/C20H25NO2/c1-14-5-6-15(2)19(13-14)20(22)21-16(3)7-8-17-9-11-18(23-4)12-10-17/h5-6,9-13,16H,7-8H2,1-4H3,(H,21,22). The third kappa shape index (κ3) is 4.85. The van der Waals surface area contributed by atoms with Gasteiger partial charge in [0.1, 0.15) is 5.75 Å². The average molecular weight is 311 g/mol. The number of nitrogens with one attached hydrogen (secondary N) is 1. The Labute approximate surface area is 138 Å². The third-order valence-electron chi connectivity index (χ3n) is 4.04. The minimum Gasteiger partial charge on any atom is -0.497 e. The van der Waals surface area contributed by atoms with Crippen LogP contribution >= 0.6 is 0 Å². The van der Waals surface area contributed by atoms with E-state index in [2.05, 4.69) is 17.4 Å². The number of hydrogen-bond acceptors (Lipinski definition) is 2. The van der Waals surface area contributed by atoms with Crippen molar-refractivity contribution >= 4 is 5.91 Å². The van der Waals surface area contributed by atoms with E-state index in [9.17, 15) is 4.79 Å². The van der Waals surface area contributed by atoms with Gasteiger partial charge in [-0.15, -0.1) is 0 Å². The fourth-order valence-corrected chi connectivity index (χ4v) is 2.53. The minimum absolute atomic E-state index is 0.00781. The first-order valence-electron chi connectivity index (χ1n) is 8.00. The highest BCUT2D eigenvalue weighted by molar-refractivity contribution is 5.95. The van der Waals surface area contributed by atoms with Gasteiger partial charge in [-0.05, 0) is 62.9 Å². The van der Waals surface area contributed by atoms with Crippen molar-refractivity contribution < 1.29 is 9.53 Å². The Bertz CT molecular complexity index is 662. The smallest absolute Gasteiger partial charge is 0.251 e. The SMILES string of the molecule is COc1ccc(CCC(C)NC(=O)c2cc(C)ccc2C)cc1. The molecule has 0 heterocycles. The van der Waals surface area contributed by atoms with Crippen LogP contribution in [-0.2, 0) is 6.42 Å². The summed E-state index contributed by atoms with van der Waals surface area (Å²) in [6.45, 7) is 6.02. The van der Waals surface area contributed by atoms with Crippen molar-refractivity contribution in [1.29, 1.82) is 0 Å². The number of hydrogen-bond donors (Lipinski definition) is 1. The van der Waals surface area contributed by atoms with Crippen molar-refractivity contribution in [2.45, 2.75) is 39.7 Å². The Morgan fingerprint density at radius 3 is 2.48 bits per heavy atom. The van der Waals surface area contributed by atoms with Gasteiger partial charge in [-0.25, -0.2) is 0 Å². The van der Waals surface area contributed by atoms with Crippen LogP contribution < -0.4 is 10.1 Å². The molecule has 0 radical (unpaired) electrons. The van der Waals surface area contributed by atoms with Crippen LogP contribution in [0.3, 0.4) is 0 Å². The molecule has 122 valence electrons. The molecule has 0 saturated heterocycles. The summed E-state index contributed by atoms with van der Waals surface area (Å²) in [5, 5.41) is 3.09. The van der Waals surface area contributed by atoms with Gasteiger partial charge < -0.3 is 10.1 Å². The Kier molecular flexibility index (Phi) is 5.80. The maximum atomic E-state index is 12.4. The number of aryl methyl sites for hydroxylation is 3. The number of rotatable bonds is 6. The van der Waals surface area contributed by atoms with Crippen LogP contribution in [0.25, 0.3) is 0 Å². The summed E-state index contributed by atoms with van der Waals surface area (Å²) in [4.78, 5) is 12.4. The van der Waals surface area contributed by atoms with E-state index in [1.165, 1.54) is 5.56 Å². The molecule has 23 heavy (non-hydrogen) atoms. The zero-order chi connectivity index (χ0) is 16.8.